The van der Waals surface area contributed by atoms with Gasteiger partial charge in [0.2, 0.25) is 5.91 Å². The Morgan fingerprint density at radius 1 is 1.04 bits per heavy atom. The molecule has 0 aromatic heterocycles. The van der Waals surface area contributed by atoms with Gasteiger partial charge in [-0.1, -0.05) is 0 Å². The molecule has 0 radical (unpaired) electrons. The number of ether oxygens (including phenoxy) is 1. The smallest absolute Gasteiger partial charge is 0.265 e. The van der Waals surface area contributed by atoms with E-state index in [1.54, 1.807) is 24.3 Å². The zero-order valence-electron chi connectivity index (χ0n) is 13.1. The van der Waals surface area contributed by atoms with E-state index in [2.05, 4.69) is 10.6 Å². The summed E-state index contributed by atoms with van der Waals surface area (Å²) in [6.07, 6.45) is -0.931. The molecule has 24 heavy (non-hydrogen) atoms. The van der Waals surface area contributed by atoms with Crippen molar-refractivity contribution in [3.63, 3.8) is 0 Å². The Bertz CT molecular complexity index is 748. The molecule has 1 unspecified atom stereocenters. The maximum atomic E-state index is 13.5. The summed E-state index contributed by atoms with van der Waals surface area (Å²) in [5.74, 6) is -1.82. The molecule has 2 amide bonds. The quantitative estimate of drug-likeness (QED) is 0.881. The Morgan fingerprint density at radius 2 is 1.71 bits per heavy atom. The number of rotatable bonds is 5. The number of hydrogen-bond donors (Lipinski definition) is 2. The lowest BCUT2D eigenvalue weighted by Crippen LogP contribution is -2.30. The number of halogens is 2. The lowest BCUT2D eigenvalue weighted by atomic mass is 10.2. The Morgan fingerprint density at radius 3 is 2.33 bits per heavy atom. The van der Waals surface area contributed by atoms with Crippen LogP contribution in [0.5, 0.6) is 5.75 Å². The fourth-order valence-corrected chi connectivity index (χ4v) is 1.91. The molecule has 1 atom stereocenters. The lowest BCUT2D eigenvalue weighted by molar-refractivity contribution is -0.122. The SMILES string of the molecule is CC(=O)Nc1ccc(OC(C)C(=O)Nc2cc(F)ccc2F)cc1. The Kier molecular flexibility index (Phi) is 5.47. The van der Waals surface area contributed by atoms with Gasteiger partial charge in [0.25, 0.3) is 5.91 Å². The summed E-state index contributed by atoms with van der Waals surface area (Å²) >= 11 is 0. The molecular weight excluding hydrogens is 318 g/mol. The van der Waals surface area contributed by atoms with Crippen LogP contribution in [-0.4, -0.2) is 17.9 Å². The first-order valence-corrected chi connectivity index (χ1v) is 7.15. The number of carbonyl (C=O) groups excluding carboxylic acids is 2. The molecule has 2 rings (SSSR count). The maximum absolute atomic E-state index is 13.5. The predicted octanol–water partition coefficient (Wildman–Crippen LogP) is 3.33. The molecule has 0 aliphatic heterocycles. The zero-order valence-corrected chi connectivity index (χ0v) is 13.1. The van der Waals surface area contributed by atoms with Crippen LogP contribution in [0, 0.1) is 11.6 Å². The van der Waals surface area contributed by atoms with Crippen LogP contribution < -0.4 is 15.4 Å². The Labute approximate surface area is 137 Å². The fraction of sp³-hybridized carbons (Fsp3) is 0.176. The van der Waals surface area contributed by atoms with Gasteiger partial charge < -0.3 is 15.4 Å². The van der Waals surface area contributed by atoms with Gasteiger partial charge in [0.15, 0.2) is 6.10 Å². The van der Waals surface area contributed by atoms with Crippen molar-refractivity contribution in [2.45, 2.75) is 20.0 Å². The number of anilines is 2. The molecular formula is C17H16F2N2O3. The molecule has 0 spiro atoms. The van der Waals surface area contributed by atoms with Crippen LogP contribution in [0.4, 0.5) is 20.2 Å². The molecule has 0 heterocycles. The van der Waals surface area contributed by atoms with E-state index in [0.29, 0.717) is 11.4 Å². The van der Waals surface area contributed by atoms with E-state index >= 15 is 0 Å². The third kappa shape index (κ3) is 4.77. The second kappa shape index (κ2) is 7.54. The highest BCUT2D eigenvalue weighted by molar-refractivity contribution is 5.94. The molecule has 0 saturated carbocycles. The van der Waals surface area contributed by atoms with Crippen molar-refractivity contribution in [3.8, 4) is 5.75 Å². The third-order valence-corrected chi connectivity index (χ3v) is 3.04. The van der Waals surface area contributed by atoms with E-state index in [0.717, 1.165) is 18.2 Å². The molecule has 0 saturated heterocycles. The largest absolute Gasteiger partial charge is 0.481 e. The van der Waals surface area contributed by atoms with Crippen LogP contribution in [0.1, 0.15) is 13.8 Å². The average Bonchev–Trinajstić information content (AvgIpc) is 2.52. The van der Waals surface area contributed by atoms with Crippen molar-refractivity contribution in [3.05, 3.63) is 54.1 Å². The summed E-state index contributed by atoms with van der Waals surface area (Å²) in [6, 6.07) is 9.18. The fourth-order valence-electron chi connectivity index (χ4n) is 1.91. The van der Waals surface area contributed by atoms with E-state index < -0.39 is 23.6 Å². The summed E-state index contributed by atoms with van der Waals surface area (Å²) in [7, 11) is 0. The van der Waals surface area contributed by atoms with Crippen LogP contribution in [0.15, 0.2) is 42.5 Å². The van der Waals surface area contributed by atoms with Gasteiger partial charge in [-0.15, -0.1) is 0 Å². The molecule has 126 valence electrons. The highest BCUT2D eigenvalue weighted by atomic mass is 19.1. The molecule has 0 aliphatic carbocycles. The number of benzene rings is 2. The van der Waals surface area contributed by atoms with E-state index in [4.69, 9.17) is 4.74 Å². The standard InChI is InChI=1S/C17H16F2N2O3/c1-10(17(23)21-16-9-12(18)3-8-15(16)19)24-14-6-4-13(5-7-14)20-11(2)22/h3-10H,1-2H3,(H,20,22)(H,21,23). The first-order chi connectivity index (χ1) is 11.3. The number of amides is 2. The summed E-state index contributed by atoms with van der Waals surface area (Å²) in [6.45, 7) is 2.87. The maximum Gasteiger partial charge on any atom is 0.265 e. The van der Waals surface area contributed by atoms with E-state index in [1.165, 1.54) is 13.8 Å². The average molecular weight is 334 g/mol. The van der Waals surface area contributed by atoms with Crippen LogP contribution in [0.25, 0.3) is 0 Å². The van der Waals surface area contributed by atoms with Gasteiger partial charge in [-0.3, -0.25) is 9.59 Å². The van der Waals surface area contributed by atoms with Gasteiger partial charge in [0.05, 0.1) is 5.69 Å². The number of hydrogen-bond acceptors (Lipinski definition) is 3. The topological polar surface area (TPSA) is 67.4 Å². The van der Waals surface area contributed by atoms with E-state index in [-0.39, 0.29) is 11.6 Å². The number of carbonyl (C=O) groups is 2. The molecule has 0 bridgehead atoms. The summed E-state index contributed by atoms with van der Waals surface area (Å²) in [4.78, 5) is 22.9. The van der Waals surface area contributed by atoms with Crippen LogP contribution >= 0.6 is 0 Å². The van der Waals surface area contributed by atoms with Crippen LogP contribution in [-0.2, 0) is 9.59 Å². The molecule has 2 N–H and O–H groups in total. The molecule has 0 aliphatic rings. The normalized spacial score (nSPS) is 11.5. The molecule has 2 aromatic rings. The van der Waals surface area contributed by atoms with Crippen molar-refractivity contribution in [1.29, 1.82) is 0 Å². The summed E-state index contributed by atoms with van der Waals surface area (Å²) in [5.41, 5.74) is 0.338. The van der Waals surface area contributed by atoms with Gasteiger partial charge in [0.1, 0.15) is 17.4 Å². The second-order valence-corrected chi connectivity index (χ2v) is 5.08. The van der Waals surface area contributed by atoms with Crippen molar-refractivity contribution >= 4 is 23.2 Å². The second-order valence-electron chi connectivity index (χ2n) is 5.08. The van der Waals surface area contributed by atoms with Gasteiger partial charge in [-0.05, 0) is 43.3 Å². The highest BCUT2D eigenvalue weighted by Gasteiger charge is 2.17. The van der Waals surface area contributed by atoms with E-state index in [1.807, 2.05) is 0 Å². The monoisotopic (exact) mass is 334 g/mol. The minimum absolute atomic E-state index is 0.200. The highest BCUT2D eigenvalue weighted by Crippen LogP contribution is 2.19. The minimum Gasteiger partial charge on any atom is -0.481 e. The first-order valence-electron chi connectivity index (χ1n) is 7.15. The zero-order chi connectivity index (χ0) is 17.7. The lowest BCUT2D eigenvalue weighted by Gasteiger charge is -2.15. The molecule has 0 fully saturated rings. The van der Waals surface area contributed by atoms with Crippen LogP contribution in [0.3, 0.4) is 0 Å². The van der Waals surface area contributed by atoms with E-state index in [9.17, 15) is 18.4 Å². The van der Waals surface area contributed by atoms with Crippen molar-refractivity contribution < 1.29 is 23.1 Å². The van der Waals surface area contributed by atoms with Crippen LogP contribution in [0.2, 0.25) is 0 Å². The predicted molar refractivity (Wildman–Crippen MR) is 85.8 cm³/mol. The minimum atomic E-state index is -0.931. The van der Waals surface area contributed by atoms with Crippen molar-refractivity contribution in [1.82, 2.24) is 0 Å². The summed E-state index contributed by atoms with van der Waals surface area (Å²) in [5, 5.41) is 4.87. The Balaban J connectivity index is 1.98. The van der Waals surface area contributed by atoms with Gasteiger partial charge in [-0.2, -0.15) is 0 Å². The first kappa shape index (κ1) is 17.4. The molecule has 2 aromatic carbocycles. The van der Waals surface area contributed by atoms with Crippen molar-refractivity contribution in [2.75, 3.05) is 10.6 Å². The summed E-state index contributed by atoms with van der Waals surface area (Å²) < 4.78 is 32.0. The van der Waals surface area contributed by atoms with Crippen molar-refractivity contribution in [2.24, 2.45) is 0 Å². The molecule has 7 heteroatoms. The molecule has 5 nitrogen and oxygen atoms in total. The van der Waals surface area contributed by atoms with Gasteiger partial charge in [0, 0.05) is 18.7 Å². The Hall–Kier alpha value is -2.96. The van der Waals surface area contributed by atoms with Gasteiger partial charge >= 0.3 is 0 Å². The number of nitrogens with one attached hydrogen (secondary N) is 2. The third-order valence-electron chi connectivity index (χ3n) is 3.04. The van der Waals surface area contributed by atoms with Gasteiger partial charge in [-0.25, -0.2) is 8.78 Å².